The van der Waals surface area contributed by atoms with Gasteiger partial charge >= 0.3 is 5.97 Å². The van der Waals surface area contributed by atoms with Gasteiger partial charge in [0.25, 0.3) is 0 Å². The van der Waals surface area contributed by atoms with Crippen LogP contribution in [0.25, 0.3) is 0 Å². The van der Waals surface area contributed by atoms with E-state index in [9.17, 15) is 15.0 Å². The number of hydrogen-bond donors (Lipinski definition) is 3. The number of halogens is 1. The van der Waals surface area contributed by atoms with Crippen LogP contribution in [0.1, 0.15) is 22.0 Å². The lowest BCUT2D eigenvalue weighted by Gasteiger charge is -2.15. The molecule has 0 fully saturated rings. The second-order valence-corrected chi connectivity index (χ2v) is 3.40. The van der Waals surface area contributed by atoms with Crippen molar-refractivity contribution < 1.29 is 20.1 Å². The zero-order valence-electron chi connectivity index (χ0n) is 7.80. The Bertz CT molecular complexity index is 336. The number of rotatable bonds is 4. The van der Waals surface area contributed by atoms with Crippen LogP contribution >= 0.6 is 11.6 Å². The predicted octanol–water partition coefficient (Wildman–Crippen LogP) is 1.02. The number of hydrogen-bond acceptors (Lipinski definition) is 3. The minimum atomic E-state index is -1.09. The van der Waals surface area contributed by atoms with Gasteiger partial charge in [-0.25, -0.2) is 4.79 Å². The van der Waals surface area contributed by atoms with Crippen LogP contribution in [0.3, 0.4) is 0 Å². The van der Waals surface area contributed by atoms with Crippen molar-refractivity contribution >= 4 is 17.6 Å². The number of aromatic carboxylic acids is 1. The predicted molar refractivity (Wildman–Crippen MR) is 55.1 cm³/mol. The molecule has 0 heterocycles. The number of benzene rings is 1. The Morgan fingerprint density at radius 1 is 1.27 bits per heavy atom. The van der Waals surface area contributed by atoms with Gasteiger partial charge < -0.3 is 15.3 Å². The van der Waals surface area contributed by atoms with Crippen molar-refractivity contribution in [2.24, 2.45) is 0 Å². The Morgan fingerprint density at radius 2 is 1.80 bits per heavy atom. The fraction of sp³-hybridized carbons (Fsp3) is 0.300. The van der Waals surface area contributed by atoms with Crippen LogP contribution in [0.4, 0.5) is 0 Å². The molecule has 0 amide bonds. The molecule has 0 saturated heterocycles. The minimum Gasteiger partial charge on any atom is -0.478 e. The number of aliphatic hydroxyl groups excluding tert-OH is 2. The zero-order chi connectivity index (χ0) is 11.4. The first-order valence-corrected chi connectivity index (χ1v) is 4.85. The summed E-state index contributed by atoms with van der Waals surface area (Å²) < 4.78 is 0. The lowest BCUT2D eigenvalue weighted by atomic mass is 10.0. The molecule has 4 nitrogen and oxygen atoms in total. The summed E-state index contributed by atoms with van der Waals surface area (Å²) in [6.45, 7) is 0. The zero-order valence-corrected chi connectivity index (χ0v) is 8.55. The largest absolute Gasteiger partial charge is 0.478 e. The summed E-state index contributed by atoms with van der Waals surface area (Å²) in [4.78, 5) is 10.5. The van der Waals surface area contributed by atoms with E-state index in [1.165, 1.54) is 24.3 Å². The second-order valence-electron chi connectivity index (χ2n) is 3.09. The van der Waals surface area contributed by atoms with E-state index in [2.05, 4.69) is 0 Å². The Kier molecular flexibility index (Phi) is 4.08. The molecule has 5 heteroatoms. The third kappa shape index (κ3) is 2.92. The van der Waals surface area contributed by atoms with Crippen molar-refractivity contribution in [2.45, 2.75) is 12.2 Å². The fourth-order valence-electron chi connectivity index (χ4n) is 1.13. The maximum atomic E-state index is 10.5. The van der Waals surface area contributed by atoms with E-state index in [1.807, 2.05) is 0 Å². The molecule has 0 bridgehead atoms. The number of aliphatic hydroxyl groups is 2. The molecule has 0 spiro atoms. The molecule has 82 valence electrons. The quantitative estimate of drug-likeness (QED) is 0.675. The third-order valence-electron chi connectivity index (χ3n) is 2.02. The van der Waals surface area contributed by atoms with E-state index in [4.69, 9.17) is 16.7 Å². The SMILES string of the molecule is O=C(O)c1ccc(C(O)C(O)CCl)cc1. The van der Waals surface area contributed by atoms with Crippen LogP contribution in [0.2, 0.25) is 0 Å². The highest BCUT2D eigenvalue weighted by atomic mass is 35.5. The smallest absolute Gasteiger partial charge is 0.335 e. The van der Waals surface area contributed by atoms with Gasteiger partial charge in [0.2, 0.25) is 0 Å². The number of carboxylic acid groups (broad SMARTS) is 1. The van der Waals surface area contributed by atoms with Crippen LogP contribution in [0, 0.1) is 0 Å². The van der Waals surface area contributed by atoms with E-state index >= 15 is 0 Å². The summed E-state index contributed by atoms with van der Waals surface area (Å²) >= 11 is 5.37. The van der Waals surface area contributed by atoms with Gasteiger partial charge in [0.05, 0.1) is 17.5 Å². The maximum absolute atomic E-state index is 10.5. The highest BCUT2D eigenvalue weighted by Crippen LogP contribution is 2.18. The number of carboxylic acids is 1. The van der Waals surface area contributed by atoms with Crippen molar-refractivity contribution in [2.75, 3.05) is 5.88 Å². The molecule has 0 aliphatic heterocycles. The summed E-state index contributed by atoms with van der Waals surface area (Å²) in [5.41, 5.74) is 0.569. The van der Waals surface area contributed by atoms with Gasteiger partial charge in [-0.15, -0.1) is 11.6 Å². The van der Waals surface area contributed by atoms with Crippen molar-refractivity contribution in [3.63, 3.8) is 0 Å². The average molecular weight is 231 g/mol. The monoisotopic (exact) mass is 230 g/mol. The van der Waals surface area contributed by atoms with Crippen LogP contribution in [0.15, 0.2) is 24.3 Å². The molecule has 0 aliphatic carbocycles. The summed E-state index contributed by atoms with van der Waals surface area (Å²) in [5.74, 6) is -1.11. The molecule has 2 unspecified atom stereocenters. The van der Waals surface area contributed by atoms with Gasteiger partial charge in [-0.2, -0.15) is 0 Å². The third-order valence-corrected chi connectivity index (χ3v) is 2.34. The minimum absolute atomic E-state index is 0.0815. The first kappa shape index (κ1) is 12.0. The Hall–Kier alpha value is -1.10. The summed E-state index contributed by atoms with van der Waals surface area (Å²) in [5, 5.41) is 27.4. The van der Waals surface area contributed by atoms with Gasteiger partial charge in [0.15, 0.2) is 0 Å². The standard InChI is InChI=1S/C10H11ClO4/c11-5-8(12)9(13)6-1-3-7(4-2-6)10(14)15/h1-4,8-9,12-13H,5H2,(H,14,15). The molecule has 1 aromatic rings. The van der Waals surface area contributed by atoms with E-state index in [1.54, 1.807) is 0 Å². The Balaban J connectivity index is 2.84. The Labute approximate surface area is 91.7 Å². The first-order valence-electron chi connectivity index (χ1n) is 4.31. The van der Waals surface area contributed by atoms with Crippen molar-refractivity contribution in [1.82, 2.24) is 0 Å². The molecular weight excluding hydrogens is 220 g/mol. The molecule has 0 aromatic heterocycles. The molecule has 1 aromatic carbocycles. The van der Waals surface area contributed by atoms with Gasteiger partial charge in [-0.1, -0.05) is 12.1 Å². The second kappa shape index (κ2) is 5.11. The van der Waals surface area contributed by atoms with E-state index < -0.39 is 18.2 Å². The number of alkyl halides is 1. The van der Waals surface area contributed by atoms with Crippen molar-refractivity contribution in [3.05, 3.63) is 35.4 Å². The van der Waals surface area contributed by atoms with Crippen LogP contribution in [0.5, 0.6) is 0 Å². The average Bonchev–Trinajstić information content (AvgIpc) is 2.27. The molecular formula is C10H11ClO4. The van der Waals surface area contributed by atoms with Crippen molar-refractivity contribution in [3.8, 4) is 0 Å². The van der Waals surface area contributed by atoms with Gasteiger partial charge in [0, 0.05) is 0 Å². The topological polar surface area (TPSA) is 77.8 Å². The lowest BCUT2D eigenvalue weighted by molar-refractivity contribution is 0.0327. The first-order chi connectivity index (χ1) is 7.06. The molecule has 0 aliphatic rings. The van der Waals surface area contributed by atoms with E-state index in [0.29, 0.717) is 5.56 Å². The summed E-state index contributed by atoms with van der Waals surface area (Å²) in [7, 11) is 0. The molecule has 3 N–H and O–H groups in total. The van der Waals surface area contributed by atoms with Crippen molar-refractivity contribution in [1.29, 1.82) is 0 Å². The normalized spacial score (nSPS) is 14.6. The summed E-state index contributed by atoms with van der Waals surface area (Å²) in [6.07, 6.45) is -2.15. The molecule has 15 heavy (non-hydrogen) atoms. The maximum Gasteiger partial charge on any atom is 0.335 e. The van der Waals surface area contributed by atoms with E-state index in [-0.39, 0.29) is 11.4 Å². The highest BCUT2D eigenvalue weighted by Gasteiger charge is 2.17. The number of carbonyl (C=O) groups is 1. The van der Waals surface area contributed by atoms with Crippen LogP contribution < -0.4 is 0 Å². The van der Waals surface area contributed by atoms with Gasteiger partial charge in [0.1, 0.15) is 6.10 Å². The highest BCUT2D eigenvalue weighted by molar-refractivity contribution is 6.18. The lowest BCUT2D eigenvalue weighted by Crippen LogP contribution is -2.19. The van der Waals surface area contributed by atoms with Crippen LogP contribution in [-0.2, 0) is 0 Å². The summed E-state index contributed by atoms with van der Waals surface area (Å²) in [6, 6.07) is 5.62. The van der Waals surface area contributed by atoms with Crippen LogP contribution in [-0.4, -0.2) is 33.3 Å². The molecule has 0 radical (unpaired) electrons. The fourth-order valence-corrected chi connectivity index (χ4v) is 1.30. The molecule has 1 rings (SSSR count). The van der Waals surface area contributed by atoms with Gasteiger partial charge in [-0.05, 0) is 17.7 Å². The van der Waals surface area contributed by atoms with E-state index in [0.717, 1.165) is 0 Å². The molecule has 0 saturated carbocycles. The van der Waals surface area contributed by atoms with Gasteiger partial charge in [-0.3, -0.25) is 0 Å². The Morgan fingerprint density at radius 3 is 2.20 bits per heavy atom. The molecule has 2 atom stereocenters.